The standard InChI is InChI=1S/C5H8N4O4/c6-1-2(4(11)13-9)12-5(7,8)3(1)10/h6-9H2. The fourth-order valence-electron chi connectivity index (χ4n) is 0.789. The first-order valence-electron chi connectivity index (χ1n) is 3.12. The van der Waals surface area contributed by atoms with Gasteiger partial charge in [0.05, 0.1) is 0 Å². The van der Waals surface area contributed by atoms with E-state index in [1.54, 1.807) is 0 Å². The van der Waals surface area contributed by atoms with E-state index in [1.165, 1.54) is 0 Å². The minimum Gasteiger partial charge on any atom is -0.442 e. The lowest BCUT2D eigenvalue weighted by Gasteiger charge is -2.15. The molecule has 0 saturated carbocycles. The van der Waals surface area contributed by atoms with Crippen LogP contribution in [0.2, 0.25) is 0 Å². The average molecular weight is 188 g/mol. The topological polar surface area (TPSA) is 157 Å². The van der Waals surface area contributed by atoms with Crippen molar-refractivity contribution in [1.82, 2.24) is 0 Å². The van der Waals surface area contributed by atoms with E-state index in [1.807, 2.05) is 0 Å². The Kier molecular flexibility index (Phi) is 1.96. The number of carbonyl (C=O) groups excluding carboxylic acids is 2. The van der Waals surface area contributed by atoms with E-state index in [9.17, 15) is 9.59 Å². The monoisotopic (exact) mass is 188 g/mol. The Labute approximate surface area is 72.4 Å². The Morgan fingerprint density at radius 3 is 2.31 bits per heavy atom. The van der Waals surface area contributed by atoms with E-state index in [0.717, 1.165) is 0 Å². The molecule has 1 aliphatic rings. The third-order valence-electron chi connectivity index (χ3n) is 1.41. The van der Waals surface area contributed by atoms with Gasteiger partial charge in [0.15, 0.2) is 0 Å². The molecule has 13 heavy (non-hydrogen) atoms. The van der Waals surface area contributed by atoms with Crippen molar-refractivity contribution in [2.45, 2.75) is 5.85 Å². The summed E-state index contributed by atoms with van der Waals surface area (Å²) in [5, 5.41) is 0. The first kappa shape index (κ1) is 9.45. The molecular weight excluding hydrogens is 180 g/mol. The molecule has 1 heterocycles. The first-order chi connectivity index (χ1) is 5.90. The van der Waals surface area contributed by atoms with Crippen molar-refractivity contribution >= 4 is 11.8 Å². The van der Waals surface area contributed by atoms with Gasteiger partial charge in [0.25, 0.3) is 11.6 Å². The summed E-state index contributed by atoms with van der Waals surface area (Å²) in [7, 11) is 0. The van der Waals surface area contributed by atoms with Crippen LogP contribution in [-0.4, -0.2) is 17.6 Å². The molecule has 8 nitrogen and oxygen atoms in total. The maximum Gasteiger partial charge on any atom is 0.394 e. The van der Waals surface area contributed by atoms with Crippen molar-refractivity contribution in [3.8, 4) is 0 Å². The zero-order valence-electron chi connectivity index (χ0n) is 6.44. The maximum atomic E-state index is 11.1. The predicted molar refractivity (Wildman–Crippen MR) is 38.7 cm³/mol. The number of carbonyl (C=O) groups is 2. The third-order valence-corrected chi connectivity index (χ3v) is 1.41. The van der Waals surface area contributed by atoms with Gasteiger partial charge in [0.2, 0.25) is 5.76 Å². The van der Waals surface area contributed by atoms with Crippen LogP contribution >= 0.6 is 0 Å². The minimum absolute atomic E-state index is 0.500. The molecule has 0 fully saturated rings. The molecular formula is C5H8N4O4. The van der Waals surface area contributed by atoms with Crippen molar-refractivity contribution in [2.75, 3.05) is 0 Å². The van der Waals surface area contributed by atoms with Crippen LogP contribution in [0.4, 0.5) is 0 Å². The van der Waals surface area contributed by atoms with Crippen LogP contribution in [0.1, 0.15) is 0 Å². The van der Waals surface area contributed by atoms with Gasteiger partial charge in [-0.2, -0.15) is 5.90 Å². The normalized spacial score (nSPS) is 20.1. The molecule has 0 atom stereocenters. The van der Waals surface area contributed by atoms with Gasteiger partial charge in [-0.15, -0.1) is 0 Å². The van der Waals surface area contributed by atoms with Crippen molar-refractivity contribution in [3.05, 3.63) is 11.5 Å². The molecule has 0 radical (unpaired) electrons. The number of ether oxygens (including phenoxy) is 1. The molecule has 0 spiro atoms. The van der Waals surface area contributed by atoms with Crippen molar-refractivity contribution in [3.63, 3.8) is 0 Å². The highest BCUT2D eigenvalue weighted by Gasteiger charge is 2.45. The van der Waals surface area contributed by atoms with Crippen LogP contribution in [-0.2, 0) is 19.2 Å². The van der Waals surface area contributed by atoms with E-state index < -0.39 is 29.1 Å². The summed E-state index contributed by atoms with van der Waals surface area (Å²) in [6, 6.07) is 0. The van der Waals surface area contributed by atoms with E-state index >= 15 is 0 Å². The number of hydrogen-bond acceptors (Lipinski definition) is 8. The summed E-state index contributed by atoms with van der Waals surface area (Å²) < 4.78 is 4.53. The largest absolute Gasteiger partial charge is 0.442 e. The van der Waals surface area contributed by atoms with Crippen LogP contribution < -0.4 is 23.1 Å². The minimum atomic E-state index is -2.12. The zero-order chi connectivity index (χ0) is 10.2. The van der Waals surface area contributed by atoms with E-state index in [-0.39, 0.29) is 0 Å². The Hall–Kier alpha value is -1.64. The highest BCUT2D eigenvalue weighted by atomic mass is 16.7. The molecule has 72 valence electrons. The second-order valence-electron chi connectivity index (χ2n) is 2.37. The summed E-state index contributed by atoms with van der Waals surface area (Å²) in [5.41, 5.74) is 14.9. The quantitative estimate of drug-likeness (QED) is 0.246. The molecule has 0 aromatic carbocycles. The Morgan fingerprint density at radius 2 is 2.00 bits per heavy atom. The predicted octanol–water partition coefficient (Wildman–Crippen LogP) is -3.26. The summed E-state index contributed by atoms with van der Waals surface area (Å²) in [6.07, 6.45) is 0. The zero-order valence-corrected chi connectivity index (χ0v) is 6.44. The fraction of sp³-hybridized carbons (Fsp3) is 0.200. The molecule has 0 bridgehead atoms. The molecule has 0 unspecified atom stereocenters. The van der Waals surface area contributed by atoms with Crippen LogP contribution in [0.25, 0.3) is 0 Å². The van der Waals surface area contributed by atoms with Gasteiger partial charge in [-0.25, -0.2) is 4.79 Å². The number of Topliss-reactive ketones (excluding diaryl/α,β-unsaturated/α-hetero) is 1. The number of hydrogen-bond donors (Lipinski definition) is 4. The molecule has 0 aromatic heterocycles. The van der Waals surface area contributed by atoms with Gasteiger partial charge < -0.3 is 15.3 Å². The lowest BCUT2D eigenvalue weighted by atomic mass is 10.2. The van der Waals surface area contributed by atoms with Gasteiger partial charge in [0, 0.05) is 0 Å². The Bertz CT molecular complexity index is 308. The molecule has 8 heteroatoms. The fourth-order valence-corrected chi connectivity index (χ4v) is 0.789. The SMILES string of the molecule is NOC(=O)C1=C(N)C(=O)C(N)(N)O1. The van der Waals surface area contributed by atoms with Gasteiger partial charge in [-0.3, -0.25) is 16.3 Å². The first-order valence-corrected chi connectivity index (χ1v) is 3.12. The van der Waals surface area contributed by atoms with Gasteiger partial charge in [0.1, 0.15) is 5.70 Å². The lowest BCUT2D eigenvalue weighted by molar-refractivity contribution is -0.147. The lowest BCUT2D eigenvalue weighted by Crippen LogP contribution is -2.56. The summed E-state index contributed by atoms with van der Waals surface area (Å²) in [6.45, 7) is 0. The molecule has 1 aliphatic heterocycles. The smallest absolute Gasteiger partial charge is 0.394 e. The summed E-state index contributed by atoms with van der Waals surface area (Å²) in [5.74, 6) is -0.157. The second-order valence-corrected chi connectivity index (χ2v) is 2.37. The second kappa shape index (κ2) is 2.69. The van der Waals surface area contributed by atoms with Crippen LogP contribution in [0.3, 0.4) is 0 Å². The molecule has 0 amide bonds. The third kappa shape index (κ3) is 1.33. The highest BCUT2D eigenvalue weighted by Crippen LogP contribution is 2.20. The van der Waals surface area contributed by atoms with Crippen LogP contribution in [0, 0.1) is 0 Å². The van der Waals surface area contributed by atoms with Gasteiger partial charge in [-0.1, -0.05) is 0 Å². The van der Waals surface area contributed by atoms with Crippen molar-refractivity contribution in [1.29, 1.82) is 0 Å². The Morgan fingerprint density at radius 1 is 1.46 bits per heavy atom. The number of ketones is 1. The summed E-state index contributed by atoms with van der Waals surface area (Å²) in [4.78, 5) is 25.6. The average Bonchev–Trinajstić information content (AvgIpc) is 2.28. The molecule has 0 aliphatic carbocycles. The molecule has 8 N–H and O–H groups in total. The van der Waals surface area contributed by atoms with E-state index in [2.05, 4.69) is 15.5 Å². The van der Waals surface area contributed by atoms with Gasteiger partial charge in [-0.05, 0) is 0 Å². The van der Waals surface area contributed by atoms with Crippen molar-refractivity contribution < 1.29 is 19.2 Å². The van der Waals surface area contributed by atoms with Crippen LogP contribution in [0.15, 0.2) is 11.5 Å². The maximum absolute atomic E-state index is 11.1. The van der Waals surface area contributed by atoms with E-state index in [4.69, 9.17) is 17.2 Å². The number of nitrogens with two attached hydrogens (primary N) is 4. The number of rotatable bonds is 1. The Balaban J connectivity index is 3.02. The van der Waals surface area contributed by atoms with Crippen molar-refractivity contribution in [2.24, 2.45) is 23.1 Å². The van der Waals surface area contributed by atoms with Gasteiger partial charge >= 0.3 is 5.97 Å². The highest BCUT2D eigenvalue weighted by molar-refractivity contribution is 6.08. The molecule has 0 aromatic rings. The molecule has 1 rings (SSSR count). The molecule has 0 saturated heterocycles. The van der Waals surface area contributed by atoms with Crippen LogP contribution in [0.5, 0.6) is 0 Å². The summed E-state index contributed by atoms with van der Waals surface area (Å²) >= 11 is 0. The van der Waals surface area contributed by atoms with E-state index in [0.29, 0.717) is 0 Å².